The summed E-state index contributed by atoms with van der Waals surface area (Å²) in [5, 5.41) is 2.53. The minimum Gasteiger partial charge on any atom is -0.469 e. The van der Waals surface area contributed by atoms with Gasteiger partial charge in [0.1, 0.15) is 5.60 Å². The van der Waals surface area contributed by atoms with Gasteiger partial charge in [-0.2, -0.15) is 0 Å². The lowest BCUT2D eigenvalue weighted by Gasteiger charge is -2.24. The minimum atomic E-state index is -0.758. The summed E-state index contributed by atoms with van der Waals surface area (Å²) in [5.74, 6) is -0.372. The van der Waals surface area contributed by atoms with Gasteiger partial charge in [0.05, 0.1) is 12.5 Å². The van der Waals surface area contributed by atoms with Crippen LogP contribution in [-0.4, -0.2) is 31.3 Å². The highest BCUT2D eigenvalue weighted by Gasteiger charge is 2.29. The van der Waals surface area contributed by atoms with Crippen LogP contribution in [0.25, 0.3) is 0 Å². The molecular weight excluding hydrogens is 216 g/mol. The summed E-state index contributed by atoms with van der Waals surface area (Å²) in [5.41, 5.74) is -1.30. The lowest BCUT2D eigenvalue weighted by atomic mass is 10.2. The molecule has 0 saturated carbocycles. The van der Waals surface area contributed by atoms with E-state index in [0.717, 1.165) is 0 Å². The lowest BCUT2D eigenvalue weighted by molar-refractivity contribution is -0.150. The van der Waals surface area contributed by atoms with Crippen LogP contribution in [0.1, 0.15) is 34.6 Å². The third-order valence-corrected chi connectivity index (χ3v) is 1.81. The number of hydrogen-bond donors (Lipinski definition) is 1. The van der Waals surface area contributed by atoms with Crippen molar-refractivity contribution in [3.63, 3.8) is 0 Å². The highest BCUT2D eigenvalue weighted by atomic mass is 16.6. The molecule has 0 aromatic rings. The molecule has 0 aromatic carbocycles. The van der Waals surface area contributed by atoms with Crippen molar-refractivity contribution in [3.8, 4) is 0 Å². The molecule has 0 saturated heterocycles. The van der Waals surface area contributed by atoms with Crippen LogP contribution in [0.3, 0.4) is 0 Å². The summed E-state index contributed by atoms with van der Waals surface area (Å²) >= 11 is 0. The van der Waals surface area contributed by atoms with Gasteiger partial charge in [-0.15, -0.1) is 0 Å². The zero-order valence-corrected chi connectivity index (χ0v) is 10.8. The molecule has 94 valence electrons. The number of alkyl carbamates (subject to hydrolysis) is 1. The van der Waals surface area contributed by atoms with Crippen LogP contribution >= 0.6 is 0 Å². The molecule has 0 unspecified atom stereocenters. The van der Waals surface area contributed by atoms with E-state index in [2.05, 4.69) is 10.1 Å². The molecule has 0 bridgehead atoms. The molecule has 1 amide bonds. The van der Waals surface area contributed by atoms with E-state index in [1.807, 2.05) is 0 Å². The normalized spacial score (nSPS) is 11.9. The Balaban J connectivity index is 4.15. The van der Waals surface area contributed by atoms with E-state index in [-0.39, 0.29) is 12.5 Å². The highest BCUT2D eigenvalue weighted by molar-refractivity contribution is 5.77. The second-order valence-corrected chi connectivity index (χ2v) is 5.23. The number of carbonyl (C=O) groups is 2. The van der Waals surface area contributed by atoms with Crippen LogP contribution in [0, 0.1) is 5.41 Å². The maximum Gasteiger partial charge on any atom is 0.407 e. The number of esters is 1. The van der Waals surface area contributed by atoms with Crippen molar-refractivity contribution < 1.29 is 19.1 Å². The summed E-state index contributed by atoms with van der Waals surface area (Å²) in [7, 11) is 1.32. The SMILES string of the molecule is CO[13C](=O)[13C]([13CH3])([13CH3])[13CH2][15NH]C(=O)OC(C)(C)C. The van der Waals surface area contributed by atoms with E-state index < -0.39 is 17.1 Å². The number of ether oxygens (including phenoxy) is 2. The van der Waals surface area contributed by atoms with E-state index >= 15 is 0 Å². The smallest absolute Gasteiger partial charge is 0.407 e. The van der Waals surface area contributed by atoms with Crippen LogP contribution in [-0.2, 0) is 14.3 Å². The number of methoxy groups -OCH3 is 1. The van der Waals surface area contributed by atoms with E-state index in [1.165, 1.54) is 7.11 Å². The molecule has 16 heavy (non-hydrogen) atoms. The number of carbonyl (C=O) groups excluding carboxylic acids is 2. The van der Waals surface area contributed by atoms with Crippen LogP contribution < -0.4 is 5.32 Å². The number of nitrogens with one attached hydrogen (secondary N) is 1. The Kier molecular flexibility index (Phi) is 4.78. The Hall–Kier alpha value is -1.26. The zero-order chi connectivity index (χ0) is 13.0. The van der Waals surface area contributed by atoms with Gasteiger partial charge in [0.15, 0.2) is 0 Å². The van der Waals surface area contributed by atoms with E-state index in [1.54, 1.807) is 34.6 Å². The van der Waals surface area contributed by atoms with Crippen molar-refractivity contribution in [1.82, 2.24) is 5.32 Å². The van der Waals surface area contributed by atoms with Crippen molar-refractivity contribution in [3.05, 3.63) is 0 Å². The van der Waals surface area contributed by atoms with Gasteiger partial charge < -0.3 is 14.8 Å². The third kappa shape index (κ3) is 5.58. The molecular formula is C11H21NO4. The van der Waals surface area contributed by atoms with Crippen LogP contribution in [0.4, 0.5) is 4.79 Å². The Labute approximate surface area is 96.5 Å². The predicted molar refractivity (Wildman–Crippen MR) is 60.0 cm³/mol. The molecule has 0 heterocycles. The Morgan fingerprint density at radius 3 is 2.00 bits per heavy atom. The monoisotopic (exact) mass is 237 g/mol. The molecule has 0 aliphatic carbocycles. The predicted octanol–water partition coefficient (Wildman–Crippen LogP) is 1.71. The molecule has 1 N–H and O–H groups in total. The first-order valence-electron chi connectivity index (χ1n) is 5.14. The third-order valence-electron chi connectivity index (χ3n) is 1.81. The van der Waals surface area contributed by atoms with Crippen LogP contribution in [0.5, 0.6) is 0 Å². The maximum absolute atomic E-state index is 11.3. The molecule has 0 radical (unpaired) electrons. The molecule has 5 nitrogen and oxygen atoms in total. The first-order valence-corrected chi connectivity index (χ1v) is 5.14. The van der Waals surface area contributed by atoms with Gasteiger partial charge in [0.2, 0.25) is 0 Å². The quantitative estimate of drug-likeness (QED) is 0.461. The fourth-order valence-electron chi connectivity index (χ4n) is 0.956. The van der Waals surface area contributed by atoms with Crippen molar-refractivity contribution in [1.29, 1.82) is 0 Å². The molecule has 0 aliphatic rings. The van der Waals surface area contributed by atoms with Crippen LogP contribution in [0.2, 0.25) is 0 Å². The first-order chi connectivity index (χ1) is 7.08. The fraction of sp³-hybridized carbons (Fsp3) is 0.818. The van der Waals surface area contributed by atoms with Gasteiger partial charge in [-0.1, -0.05) is 0 Å². The van der Waals surface area contributed by atoms with Gasteiger partial charge >= 0.3 is 12.1 Å². The summed E-state index contributed by atoms with van der Waals surface area (Å²) in [6, 6.07) is 0. The summed E-state index contributed by atoms with van der Waals surface area (Å²) in [6.07, 6.45) is -0.538. The van der Waals surface area contributed by atoms with E-state index in [4.69, 9.17) is 4.74 Å². The van der Waals surface area contributed by atoms with Gasteiger partial charge in [-0.05, 0) is 34.6 Å². The van der Waals surface area contributed by atoms with E-state index in [0.29, 0.717) is 0 Å². The average molecular weight is 237 g/mol. The Morgan fingerprint density at radius 1 is 1.12 bits per heavy atom. The molecule has 0 atom stereocenters. The minimum absolute atomic E-state index is 0.175. The standard InChI is InChI=1S/C11H21NO4/c1-10(2,3)16-9(14)12-7-11(4,5)8(13)15-6/h7H2,1-6H3,(H,12,14)/i4+1,5+1,7+1,8+1,11+1,12+1. The number of rotatable bonds is 3. The average Bonchev–Trinajstić information content (AvgIpc) is 2.11. The van der Waals surface area contributed by atoms with Gasteiger partial charge in [0, 0.05) is 6.54 Å². The highest BCUT2D eigenvalue weighted by Crippen LogP contribution is 2.15. The molecule has 0 aliphatic heterocycles. The molecule has 0 rings (SSSR count). The fourth-order valence-corrected chi connectivity index (χ4v) is 0.956. The zero-order valence-electron chi connectivity index (χ0n) is 10.8. The Bertz CT molecular complexity index is 266. The van der Waals surface area contributed by atoms with Crippen LogP contribution in [0.15, 0.2) is 0 Å². The topological polar surface area (TPSA) is 64.6 Å². The largest absolute Gasteiger partial charge is 0.469 e. The number of hydrogen-bond acceptors (Lipinski definition) is 4. The van der Waals surface area contributed by atoms with Crippen molar-refractivity contribution in [2.45, 2.75) is 40.2 Å². The molecule has 0 aromatic heterocycles. The van der Waals surface area contributed by atoms with Crippen molar-refractivity contribution in [2.75, 3.05) is 13.7 Å². The molecule has 5 heteroatoms. The van der Waals surface area contributed by atoms with Gasteiger partial charge in [-0.3, -0.25) is 4.79 Å². The van der Waals surface area contributed by atoms with Gasteiger partial charge in [-0.25, -0.2) is 4.79 Å². The molecule has 0 spiro atoms. The Morgan fingerprint density at radius 2 is 1.62 bits per heavy atom. The second kappa shape index (κ2) is 5.18. The van der Waals surface area contributed by atoms with Gasteiger partial charge in [0.25, 0.3) is 0 Å². The van der Waals surface area contributed by atoms with Crippen molar-refractivity contribution >= 4 is 12.1 Å². The van der Waals surface area contributed by atoms with E-state index in [9.17, 15) is 9.59 Å². The second-order valence-electron chi connectivity index (χ2n) is 5.23. The lowest BCUT2D eigenvalue weighted by Crippen LogP contribution is -2.41. The number of amides is 1. The maximum atomic E-state index is 11.3. The molecule has 0 fully saturated rings. The summed E-state index contributed by atoms with van der Waals surface area (Å²) in [6.45, 7) is 8.88. The summed E-state index contributed by atoms with van der Waals surface area (Å²) in [4.78, 5) is 22.6. The summed E-state index contributed by atoms with van der Waals surface area (Å²) < 4.78 is 9.66. The first kappa shape index (κ1) is 14.7. The van der Waals surface area contributed by atoms with Crippen molar-refractivity contribution in [2.24, 2.45) is 5.41 Å².